The molecule has 1 rings (SSSR count). The zero-order valence-electron chi connectivity index (χ0n) is 26.4. The largest absolute Gasteiger partial charge is 0.396 e. The fraction of sp³-hybridized carbons (Fsp3) is 1.00. The number of aliphatic hydroxyl groups excluding tert-OH is 2. The Bertz CT molecular complexity index is 464. The van der Waals surface area contributed by atoms with Crippen molar-refractivity contribution in [2.45, 2.75) is 194 Å². The van der Waals surface area contributed by atoms with Gasteiger partial charge < -0.3 is 10.2 Å². The van der Waals surface area contributed by atoms with E-state index in [0.29, 0.717) is 13.2 Å². The molecule has 0 saturated heterocycles. The van der Waals surface area contributed by atoms with Gasteiger partial charge in [0, 0.05) is 13.2 Å². The van der Waals surface area contributed by atoms with E-state index in [1.54, 1.807) is 12.8 Å². The van der Waals surface area contributed by atoms with Crippen molar-refractivity contribution in [2.75, 3.05) is 13.2 Å². The van der Waals surface area contributed by atoms with Crippen LogP contribution in [-0.4, -0.2) is 23.4 Å². The number of hydrogen-bond acceptors (Lipinski definition) is 2. The summed E-state index contributed by atoms with van der Waals surface area (Å²) < 4.78 is 0. The van der Waals surface area contributed by atoms with Gasteiger partial charge in [0.2, 0.25) is 0 Å². The molecule has 228 valence electrons. The minimum absolute atomic E-state index is 0.367. The molecule has 38 heavy (non-hydrogen) atoms. The Morgan fingerprint density at radius 2 is 0.579 bits per heavy atom. The van der Waals surface area contributed by atoms with Gasteiger partial charge in [0.25, 0.3) is 0 Å². The average Bonchev–Trinajstić information content (AvgIpc) is 2.93. The van der Waals surface area contributed by atoms with E-state index >= 15 is 0 Å². The molecule has 1 aliphatic carbocycles. The lowest BCUT2D eigenvalue weighted by atomic mass is 9.63. The van der Waals surface area contributed by atoms with E-state index in [1.165, 1.54) is 154 Å². The molecule has 2 N–H and O–H groups in total. The van der Waals surface area contributed by atoms with Gasteiger partial charge in [0.15, 0.2) is 0 Å². The highest BCUT2D eigenvalue weighted by molar-refractivity contribution is 4.86. The Morgan fingerprint density at radius 3 is 0.895 bits per heavy atom. The Morgan fingerprint density at radius 1 is 0.342 bits per heavy atom. The zero-order valence-corrected chi connectivity index (χ0v) is 26.4. The van der Waals surface area contributed by atoms with Crippen LogP contribution in [0.1, 0.15) is 194 Å². The third kappa shape index (κ3) is 19.1. The number of rotatable bonds is 28. The Balaban J connectivity index is 2.57. The quantitative estimate of drug-likeness (QED) is 0.0976. The number of unbranched alkanes of at least 4 members (excludes halogenated alkanes) is 18. The summed E-state index contributed by atoms with van der Waals surface area (Å²) in [6.07, 6.45) is 38.9. The minimum Gasteiger partial charge on any atom is -0.396 e. The highest BCUT2D eigenvalue weighted by Gasteiger charge is 2.35. The van der Waals surface area contributed by atoms with Crippen molar-refractivity contribution in [1.82, 2.24) is 0 Å². The van der Waals surface area contributed by atoms with E-state index in [0.717, 1.165) is 36.5 Å². The van der Waals surface area contributed by atoms with Crippen LogP contribution in [0.15, 0.2) is 0 Å². The van der Waals surface area contributed by atoms with Crippen LogP contribution < -0.4 is 0 Å². The molecule has 1 fully saturated rings. The predicted molar refractivity (Wildman–Crippen MR) is 169 cm³/mol. The van der Waals surface area contributed by atoms with E-state index in [2.05, 4.69) is 13.8 Å². The molecule has 2 heteroatoms. The molecule has 0 aromatic heterocycles. The van der Waals surface area contributed by atoms with Crippen LogP contribution in [0.5, 0.6) is 0 Å². The fourth-order valence-corrected chi connectivity index (χ4v) is 7.43. The van der Waals surface area contributed by atoms with Crippen LogP contribution >= 0.6 is 0 Å². The standard InChI is InChI=1S/C36H72O2/c1-3-5-7-14-20-26-34-32-36(28-22-16-11-9-13-18-24-30-38)35(31-33(34)25-19-6-4-2)27-21-15-10-8-12-17-23-29-37/h33-38H,3-32H2,1-2H3. The maximum Gasteiger partial charge on any atom is 0.0431 e. The highest BCUT2D eigenvalue weighted by atomic mass is 16.3. The molecule has 2 nitrogen and oxygen atoms in total. The maximum atomic E-state index is 9.00. The van der Waals surface area contributed by atoms with Crippen molar-refractivity contribution in [3.05, 3.63) is 0 Å². The molecule has 0 aliphatic heterocycles. The second-order valence-electron chi connectivity index (χ2n) is 13.2. The summed E-state index contributed by atoms with van der Waals surface area (Å²) in [6.45, 7) is 5.43. The first kappa shape index (κ1) is 35.9. The molecule has 0 spiro atoms. The molecular weight excluding hydrogens is 464 g/mol. The van der Waals surface area contributed by atoms with Gasteiger partial charge in [-0.05, 0) is 49.4 Å². The van der Waals surface area contributed by atoms with Gasteiger partial charge in [-0.3, -0.25) is 0 Å². The monoisotopic (exact) mass is 537 g/mol. The Labute approximate surface area is 240 Å². The molecule has 0 radical (unpaired) electrons. The summed E-state index contributed by atoms with van der Waals surface area (Å²) in [6, 6.07) is 0. The first-order chi connectivity index (χ1) is 18.8. The molecule has 4 atom stereocenters. The van der Waals surface area contributed by atoms with Gasteiger partial charge in [-0.15, -0.1) is 0 Å². The summed E-state index contributed by atoms with van der Waals surface area (Å²) in [7, 11) is 0. The summed E-state index contributed by atoms with van der Waals surface area (Å²) >= 11 is 0. The molecule has 1 aliphatic rings. The lowest BCUT2D eigenvalue weighted by Gasteiger charge is -2.42. The van der Waals surface area contributed by atoms with E-state index in [4.69, 9.17) is 10.2 Å². The third-order valence-electron chi connectivity index (χ3n) is 9.87. The van der Waals surface area contributed by atoms with Crippen molar-refractivity contribution in [1.29, 1.82) is 0 Å². The second kappa shape index (κ2) is 27.1. The highest BCUT2D eigenvalue weighted by Crippen LogP contribution is 2.46. The average molecular weight is 537 g/mol. The SMILES string of the molecule is CCCCCCCC1CC(CCCCCCCCCO)C(CCCCCCCCCO)CC1CCCCC. The van der Waals surface area contributed by atoms with E-state index < -0.39 is 0 Å². The molecule has 1 saturated carbocycles. The van der Waals surface area contributed by atoms with E-state index in [-0.39, 0.29) is 0 Å². The summed E-state index contributed by atoms with van der Waals surface area (Å²) in [5, 5.41) is 18.0. The molecule has 0 aromatic carbocycles. The molecule has 4 unspecified atom stereocenters. The fourth-order valence-electron chi connectivity index (χ4n) is 7.43. The summed E-state index contributed by atoms with van der Waals surface area (Å²) in [4.78, 5) is 0. The topological polar surface area (TPSA) is 40.5 Å². The normalized spacial score (nSPS) is 21.8. The first-order valence-electron chi connectivity index (χ1n) is 18.0. The van der Waals surface area contributed by atoms with Crippen molar-refractivity contribution in [3.8, 4) is 0 Å². The Kier molecular flexibility index (Phi) is 25.6. The van der Waals surface area contributed by atoms with Crippen LogP contribution in [0.25, 0.3) is 0 Å². The van der Waals surface area contributed by atoms with Gasteiger partial charge in [0.1, 0.15) is 0 Å². The zero-order chi connectivity index (χ0) is 27.5. The van der Waals surface area contributed by atoms with Crippen molar-refractivity contribution < 1.29 is 10.2 Å². The van der Waals surface area contributed by atoms with E-state index in [9.17, 15) is 0 Å². The first-order valence-corrected chi connectivity index (χ1v) is 18.0. The van der Waals surface area contributed by atoms with Gasteiger partial charge in [0.05, 0.1) is 0 Å². The third-order valence-corrected chi connectivity index (χ3v) is 9.87. The molecule has 0 aromatic rings. The lowest BCUT2D eigenvalue weighted by molar-refractivity contribution is 0.0815. The van der Waals surface area contributed by atoms with Crippen LogP contribution in [0, 0.1) is 23.7 Å². The summed E-state index contributed by atoms with van der Waals surface area (Å²) in [5.74, 6) is 4.02. The van der Waals surface area contributed by atoms with Gasteiger partial charge >= 0.3 is 0 Å². The van der Waals surface area contributed by atoms with Crippen LogP contribution in [0.2, 0.25) is 0 Å². The molecule has 0 bridgehead atoms. The molecule has 0 amide bonds. The molecular formula is C36H72O2. The van der Waals surface area contributed by atoms with Crippen LogP contribution in [0.3, 0.4) is 0 Å². The predicted octanol–water partition coefficient (Wildman–Crippen LogP) is 11.4. The van der Waals surface area contributed by atoms with Crippen molar-refractivity contribution in [2.24, 2.45) is 23.7 Å². The van der Waals surface area contributed by atoms with Gasteiger partial charge in [-0.25, -0.2) is 0 Å². The number of hydrogen-bond donors (Lipinski definition) is 2. The molecule has 0 heterocycles. The van der Waals surface area contributed by atoms with Gasteiger partial charge in [-0.1, -0.05) is 168 Å². The minimum atomic E-state index is 0.367. The van der Waals surface area contributed by atoms with E-state index in [1.807, 2.05) is 0 Å². The van der Waals surface area contributed by atoms with Crippen LogP contribution in [0.4, 0.5) is 0 Å². The van der Waals surface area contributed by atoms with Gasteiger partial charge in [-0.2, -0.15) is 0 Å². The number of aliphatic hydroxyl groups is 2. The Hall–Kier alpha value is -0.0800. The van der Waals surface area contributed by atoms with Crippen LogP contribution in [-0.2, 0) is 0 Å². The second-order valence-corrected chi connectivity index (χ2v) is 13.2. The maximum absolute atomic E-state index is 9.00. The van der Waals surface area contributed by atoms with Crippen molar-refractivity contribution in [3.63, 3.8) is 0 Å². The smallest absolute Gasteiger partial charge is 0.0431 e. The lowest BCUT2D eigenvalue weighted by Crippen LogP contribution is -2.32. The summed E-state index contributed by atoms with van der Waals surface area (Å²) in [5.41, 5.74) is 0. The van der Waals surface area contributed by atoms with Crippen molar-refractivity contribution >= 4 is 0 Å².